The predicted molar refractivity (Wildman–Crippen MR) is 61.2 cm³/mol. The fraction of sp³-hybridized carbons (Fsp3) is 0.600. The summed E-state index contributed by atoms with van der Waals surface area (Å²) >= 11 is 3.44. The van der Waals surface area contributed by atoms with E-state index >= 15 is 0 Å². The molecule has 0 spiro atoms. The summed E-state index contributed by atoms with van der Waals surface area (Å²) in [6.07, 6.45) is -0.464. The molecule has 1 aromatic heterocycles. The minimum Gasteiger partial charge on any atom is -0.451 e. The molecule has 15 heavy (non-hydrogen) atoms. The number of aryl methyl sites for hydroxylation is 1. The molecule has 0 saturated heterocycles. The van der Waals surface area contributed by atoms with Gasteiger partial charge in [0.25, 0.3) is 0 Å². The third-order valence-electron chi connectivity index (χ3n) is 2.05. The topological polar surface area (TPSA) is 44.1 Å². The van der Waals surface area contributed by atoms with E-state index in [4.69, 9.17) is 0 Å². The van der Waals surface area contributed by atoms with Gasteiger partial charge in [0.1, 0.15) is 0 Å². The molecule has 1 rings (SSSR count). The van der Waals surface area contributed by atoms with Crippen LogP contribution in [-0.4, -0.2) is 23.0 Å². The number of rotatable bonds is 0. The molecule has 0 radical (unpaired) electrons. The van der Waals surface area contributed by atoms with Crippen molar-refractivity contribution in [2.24, 2.45) is 0 Å². The second-order valence-corrected chi connectivity index (χ2v) is 5.17. The first-order valence-corrected chi connectivity index (χ1v) is 5.42. The van der Waals surface area contributed by atoms with Gasteiger partial charge in [-0.2, -0.15) is 9.78 Å². The fourth-order valence-corrected chi connectivity index (χ4v) is 2.22. The Balaban J connectivity index is 3.41. The third-order valence-corrected chi connectivity index (χ3v) is 2.99. The maximum absolute atomic E-state index is 11.5. The number of aromatic nitrogens is 2. The summed E-state index contributed by atoms with van der Waals surface area (Å²) in [6, 6.07) is 0. The van der Waals surface area contributed by atoms with Crippen LogP contribution in [0.25, 0.3) is 0 Å². The zero-order valence-electron chi connectivity index (χ0n) is 9.59. The van der Waals surface area contributed by atoms with E-state index in [2.05, 4.69) is 25.8 Å². The summed E-state index contributed by atoms with van der Waals surface area (Å²) in [5.41, 5.74) is 1.44. The van der Waals surface area contributed by atoms with Gasteiger partial charge in [-0.05, 0) is 22.9 Å². The number of nitrogens with zero attached hydrogens (tertiary/aromatic N) is 2. The smallest absolute Gasteiger partial charge is 0.434 e. The lowest BCUT2D eigenvalue weighted by molar-refractivity contribution is 0.167. The Morgan fingerprint density at radius 1 is 1.47 bits per heavy atom. The first-order chi connectivity index (χ1) is 6.79. The van der Waals surface area contributed by atoms with Gasteiger partial charge in [-0.3, -0.25) is 0 Å². The minimum absolute atomic E-state index is 0.172. The molecule has 0 saturated carbocycles. The monoisotopic (exact) mass is 274 g/mol. The third kappa shape index (κ3) is 2.22. The van der Waals surface area contributed by atoms with Crippen LogP contribution in [0.5, 0.6) is 0 Å². The maximum atomic E-state index is 11.5. The lowest BCUT2D eigenvalue weighted by Crippen LogP contribution is -2.24. The van der Waals surface area contributed by atoms with Crippen molar-refractivity contribution in [2.75, 3.05) is 7.11 Å². The lowest BCUT2D eigenvalue weighted by Gasteiger charge is -2.19. The highest BCUT2D eigenvalue weighted by Gasteiger charge is 2.28. The Morgan fingerprint density at radius 2 is 2.00 bits per heavy atom. The van der Waals surface area contributed by atoms with Crippen molar-refractivity contribution >= 4 is 22.0 Å². The van der Waals surface area contributed by atoms with E-state index in [1.54, 1.807) is 0 Å². The van der Waals surface area contributed by atoms with Crippen LogP contribution in [0.4, 0.5) is 4.79 Å². The molecule has 0 unspecified atom stereocenters. The molecule has 1 heterocycles. The molecule has 0 aliphatic heterocycles. The first-order valence-electron chi connectivity index (χ1n) is 4.63. The Labute approximate surface area is 97.7 Å². The highest BCUT2D eigenvalue weighted by molar-refractivity contribution is 9.10. The van der Waals surface area contributed by atoms with Crippen LogP contribution in [0.2, 0.25) is 0 Å². The molecule has 4 nitrogen and oxygen atoms in total. The Hall–Kier alpha value is -0.840. The Bertz CT molecular complexity index is 391. The van der Waals surface area contributed by atoms with E-state index in [0.29, 0.717) is 0 Å². The van der Waals surface area contributed by atoms with Gasteiger partial charge in [0.2, 0.25) is 0 Å². The van der Waals surface area contributed by atoms with Crippen molar-refractivity contribution in [1.82, 2.24) is 9.78 Å². The summed E-state index contributed by atoms with van der Waals surface area (Å²) in [6.45, 7) is 7.91. The van der Waals surface area contributed by atoms with Gasteiger partial charge in [-0.1, -0.05) is 20.8 Å². The summed E-state index contributed by atoms with van der Waals surface area (Å²) < 4.78 is 6.85. The molecule has 0 N–H and O–H groups in total. The van der Waals surface area contributed by atoms with Crippen LogP contribution in [0.1, 0.15) is 32.2 Å². The van der Waals surface area contributed by atoms with Crippen molar-refractivity contribution in [3.05, 3.63) is 15.9 Å². The number of methoxy groups -OCH3 is 1. The summed E-state index contributed by atoms with van der Waals surface area (Å²) in [4.78, 5) is 11.5. The Morgan fingerprint density at radius 3 is 2.40 bits per heavy atom. The second-order valence-electron chi connectivity index (χ2n) is 4.38. The lowest BCUT2D eigenvalue weighted by atomic mass is 9.92. The molecule has 0 amide bonds. The van der Waals surface area contributed by atoms with Crippen LogP contribution in [0.15, 0.2) is 4.47 Å². The number of carbonyl (C=O) groups excluding carboxylic acids is 1. The first kappa shape index (κ1) is 12.2. The maximum Gasteiger partial charge on any atom is 0.434 e. The number of halogens is 1. The number of carbonyl (C=O) groups is 1. The van der Waals surface area contributed by atoms with Crippen molar-refractivity contribution in [3.63, 3.8) is 0 Å². The number of hydrogen-bond acceptors (Lipinski definition) is 3. The molecule has 0 atom stereocenters. The molecule has 1 aromatic rings. The molecular weight excluding hydrogens is 260 g/mol. The van der Waals surface area contributed by atoms with Crippen LogP contribution in [0, 0.1) is 6.92 Å². The quantitative estimate of drug-likeness (QED) is 0.731. The average Bonchev–Trinajstić information content (AvgIpc) is 2.41. The van der Waals surface area contributed by atoms with Crippen LogP contribution >= 0.6 is 15.9 Å². The van der Waals surface area contributed by atoms with E-state index in [9.17, 15) is 4.79 Å². The largest absolute Gasteiger partial charge is 0.451 e. The Kier molecular flexibility index (Phi) is 3.23. The van der Waals surface area contributed by atoms with Crippen molar-refractivity contribution in [2.45, 2.75) is 33.1 Å². The van der Waals surface area contributed by atoms with E-state index < -0.39 is 6.09 Å². The minimum atomic E-state index is -0.464. The predicted octanol–water partition coefficient (Wildman–Crippen LogP) is 2.87. The van der Waals surface area contributed by atoms with Crippen LogP contribution in [0.3, 0.4) is 0 Å². The van der Waals surface area contributed by atoms with Crippen molar-refractivity contribution in [1.29, 1.82) is 0 Å². The molecule has 0 aliphatic carbocycles. The molecular formula is C10H15BrN2O2. The number of ether oxygens (including phenoxy) is 1. The summed E-state index contributed by atoms with van der Waals surface area (Å²) in [5, 5.41) is 4.14. The van der Waals surface area contributed by atoms with Crippen molar-refractivity contribution < 1.29 is 9.53 Å². The van der Waals surface area contributed by atoms with E-state index in [-0.39, 0.29) is 5.41 Å². The van der Waals surface area contributed by atoms with E-state index in [1.807, 2.05) is 27.7 Å². The highest BCUT2D eigenvalue weighted by atomic mass is 79.9. The van der Waals surface area contributed by atoms with Gasteiger partial charge in [0.15, 0.2) is 0 Å². The number of hydrogen-bond donors (Lipinski definition) is 0. The molecule has 5 heteroatoms. The van der Waals surface area contributed by atoms with E-state index in [1.165, 1.54) is 11.8 Å². The zero-order valence-corrected chi connectivity index (χ0v) is 11.2. The van der Waals surface area contributed by atoms with Crippen LogP contribution in [-0.2, 0) is 10.2 Å². The molecule has 0 aromatic carbocycles. The summed E-state index contributed by atoms with van der Waals surface area (Å²) in [5.74, 6) is 0. The zero-order chi connectivity index (χ0) is 11.8. The fourth-order valence-electron chi connectivity index (χ4n) is 1.37. The normalized spacial score (nSPS) is 11.6. The highest BCUT2D eigenvalue weighted by Crippen LogP contribution is 2.31. The van der Waals surface area contributed by atoms with Crippen LogP contribution < -0.4 is 0 Å². The SMILES string of the molecule is COC(=O)n1nc(C)c(Br)c1C(C)(C)C. The van der Waals surface area contributed by atoms with Gasteiger partial charge in [0.05, 0.1) is 23.0 Å². The van der Waals surface area contributed by atoms with Gasteiger partial charge < -0.3 is 4.74 Å². The van der Waals surface area contributed by atoms with Gasteiger partial charge in [-0.15, -0.1) is 0 Å². The average molecular weight is 275 g/mol. The van der Waals surface area contributed by atoms with Crippen molar-refractivity contribution in [3.8, 4) is 0 Å². The molecule has 84 valence electrons. The standard InChI is InChI=1S/C10H15BrN2O2/c1-6-7(11)8(10(2,3)4)13(12-6)9(14)15-5/h1-5H3. The molecule has 0 aliphatic rings. The second kappa shape index (κ2) is 3.96. The van der Waals surface area contributed by atoms with E-state index in [0.717, 1.165) is 15.9 Å². The van der Waals surface area contributed by atoms with Gasteiger partial charge >= 0.3 is 6.09 Å². The molecule has 0 bridgehead atoms. The van der Waals surface area contributed by atoms with Gasteiger partial charge in [0, 0.05) is 5.41 Å². The summed E-state index contributed by atoms with van der Waals surface area (Å²) in [7, 11) is 1.35. The molecule has 0 fully saturated rings. The van der Waals surface area contributed by atoms with Gasteiger partial charge in [-0.25, -0.2) is 4.79 Å².